The van der Waals surface area contributed by atoms with Crippen LogP contribution in [0.5, 0.6) is 0 Å². The molecule has 0 aliphatic rings. The molecule has 5 heteroatoms. The van der Waals surface area contributed by atoms with Crippen LogP contribution in [0.15, 0.2) is 53.4 Å². The number of hydrogen-bond donors (Lipinski definition) is 1. The molecule has 0 radical (unpaired) electrons. The van der Waals surface area contributed by atoms with Gasteiger partial charge in [0, 0.05) is 10.6 Å². The lowest BCUT2D eigenvalue weighted by Crippen LogP contribution is -2.22. The van der Waals surface area contributed by atoms with Crippen LogP contribution in [0.1, 0.15) is 29.8 Å². The minimum Gasteiger partial charge on any atom is -0.462 e. The van der Waals surface area contributed by atoms with Gasteiger partial charge in [-0.1, -0.05) is 17.7 Å². The maximum Gasteiger partial charge on any atom is 0.338 e. The molecule has 0 spiro atoms. The summed E-state index contributed by atoms with van der Waals surface area (Å²) in [7, 11) is 0. The van der Waals surface area contributed by atoms with Gasteiger partial charge in [0.1, 0.15) is 0 Å². The van der Waals surface area contributed by atoms with Gasteiger partial charge in [-0.3, -0.25) is 4.79 Å². The van der Waals surface area contributed by atoms with Gasteiger partial charge in [0.05, 0.1) is 17.4 Å². The molecule has 0 aromatic heterocycles. The average molecular weight is 343 g/mol. The van der Waals surface area contributed by atoms with Gasteiger partial charge in [0.15, 0.2) is 0 Å². The number of aryl methyl sites for hydroxylation is 1. The lowest BCUT2D eigenvalue weighted by molar-refractivity contribution is -0.115. The molecule has 0 fully saturated rings. The van der Waals surface area contributed by atoms with E-state index in [9.17, 15) is 9.59 Å². The Morgan fingerprint density at radius 1 is 1.08 bits per heavy atom. The molecule has 0 bridgehead atoms. The topological polar surface area (TPSA) is 55.4 Å². The minimum atomic E-state index is -0.362. The summed E-state index contributed by atoms with van der Waals surface area (Å²) < 4.78 is 4.93. The van der Waals surface area contributed by atoms with Crippen LogP contribution in [0.2, 0.25) is 0 Å². The predicted octanol–water partition coefficient (Wildman–Crippen LogP) is 4.29. The maximum absolute atomic E-state index is 12.3. The Bertz CT molecular complexity index is 696. The fraction of sp³-hybridized carbons (Fsp3) is 0.263. The van der Waals surface area contributed by atoms with Crippen molar-refractivity contribution in [1.82, 2.24) is 0 Å². The average Bonchev–Trinajstić information content (AvgIpc) is 2.57. The van der Waals surface area contributed by atoms with E-state index in [0.717, 1.165) is 4.90 Å². The van der Waals surface area contributed by atoms with E-state index < -0.39 is 0 Å². The fourth-order valence-electron chi connectivity index (χ4n) is 2.02. The highest BCUT2D eigenvalue weighted by atomic mass is 32.2. The normalized spacial score (nSPS) is 11.6. The second-order valence-electron chi connectivity index (χ2n) is 5.36. The second kappa shape index (κ2) is 8.55. The minimum absolute atomic E-state index is 0.0792. The van der Waals surface area contributed by atoms with Crippen molar-refractivity contribution in [1.29, 1.82) is 0 Å². The summed E-state index contributed by atoms with van der Waals surface area (Å²) >= 11 is 1.51. The third-order valence-corrected chi connectivity index (χ3v) is 4.48. The second-order valence-corrected chi connectivity index (χ2v) is 6.77. The van der Waals surface area contributed by atoms with Crippen molar-refractivity contribution in [3.8, 4) is 0 Å². The Morgan fingerprint density at radius 3 is 2.29 bits per heavy atom. The molecule has 0 heterocycles. The van der Waals surface area contributed by atoms with Gasteiger partial charge in [-0.2, -0.15) is 0 Å². The van der Waals surface area contributed by atoms with Crippen molar-refractivity contribution in [2.24, 2.45) is 0 Å². The van der Waals surface area contributed by atoms with Gasteiger partial charge in [-0.25, -0.2) is 4.79 Å². The molecule has 1 N–H and O–H groups in total. The molecule has 0 aliphatic carbocycles. The van der Waals surface area contributed by atoms with Crippen LogP contribution in [-0.4, -0.2) is 23.7 Å². The number of esters is 1. The van der Waals surface area contributed by atoms with Crippen molar-refractivity contribution in [2.45, 2.75) is 30.9 Å². The van der Waals surface area contributed by atoms with Crippen molar-refractivity contribution in [3.63, 3.8) is 0 Å². The number of hydrogen-bond acceptors (Lipinski definition) is 4. The standard InChI is InChI=1S/C19H21NO3S/c1-4-23-19(22)15-7-9-16(10-8-15)20-18(21)14(3)24-17-11-5-13(2)6-12-17/h5-12,14H,4H2,1-3H3,(H,20,21)/t14-/m0/s1. The zero-order valence-electron chi connectivity index (χ0n) is 14.0. The molecule has 0 saturated heterocycles. The third-order valence-electron chi connectivity index (χ3n) is 3.37. The van der Waals surface area contributed by atoms with E-state index in [0.29, 0.717) is 17.9 Å². The Kier molecular flexibility index (Phi) is 6.44. The van der Waals surface area contributed by atoms with E-state index in [4.69, 9.17) is 4.74 Å². The number of rotatable bonds is 6. The quantitative estimate of drug-likeness (QED) is 0.628. The van der Waals surface area contributed by atoms with Crippen molar-refractivity contribution in [3.05, 3.63) is 59.7 Å². The van der Waals surface area contributed by atoms with Crippen LogP contribution in [0.25, 0.3) is 0 Å². The van der Waals surface area contributed by atoms with Gasteiger partial charge in [-0.15, -0.1) is 11.8 Å². The van der Waals surface area contributed by atoms with E-state index in [1.54, 1.807) is 31.2 Å². The number of ether oxygens (including phenoxy) is 1. The Morgan fingerprint density at radius 2 is 1.71 bits per heavy atom. The zero-order chi connectivity index (χ0) is 17.5. The molecule has 2 rings (SSSR count). The van der Waals surface area contributed by atoms with Gasteiger partial charge in [0.25, 0.3) is 0 Å². The number of benzene rings is 2. The first-order valence-electron chi connectivity index (χ1n) is 7.81. The number of amides is 1. The monoisotopic (exact) mass is 343 g/mol. The predicted molar refractivity (Wildman–Crippen MR) is 97.5 cm³/mol. The molecule has 24 heavy (non-hydrogen) atoms. The van der Waals surface area contributed by atoms with Crippen LogP contribution < -0.4 is 5.32 Å². The summed E-state index contributed by atoms with van der Waals surface area (Å²) in [4.78, 5) is 24.9. The van der Waals surface area contributed by atoms with E-state index in [1.807, 2.05) is 38.1 Å². The van der Waals surface area contributed by atoms with Crippen LogP contribution >= 0.6 is 11.8 Å². The van der Waals surface area contributed by atoms with E-state index in [-0.39, 0.29) is 17.1 Å². The molecule has 1 atom stereocenters. The first kappa shape index (κ1) is 18.1. The molecule has 1 amide bonds. The molecular weight excluding hydrogens is 322 g/mol. The van der Waals surface area contributed by atoms with Crippen LogP contribution in [0.4, 0.5) is 5.69 Å². The zero-order valence-corrected chi connectivity index (χ0v) is 14.9. The Balaban J connectivity index is 1.93. The van der Waals surface area contributed by atoms with Gasteiger partial charge in [0.2, 0.25) is 5.91 Å². The number of carbonyl (C=O) groups excluding carboxylic acids is 2. The summed E-state index contributed by atoms with van der Waals surface area (Å²) in [5.74, 6) is -0.442. The van der Waals surface area contributed by atoms with E-state index in [2.05, 4.69) is 5.32 Å². The maximum atomic E-state index is 12.3. The molecule has 0 aliphatic heterocycles. The first-order valence-corrected chi connectivity index (χ1v) is 8.69. The highest BCUT2D eigenvalue weighted by Crippen LogP contribution is 2.24. The molecular formula is C19H21NO3S. The van der Waals surface area contributed by atoms with E-state index >= 15 is 0 Å². The molecule has 2 aromatic carbocycles. The van der Waals surface area contributed by atoms with Crippen molar-refractivity contribution in [2.75, 3.05) is 11.9 Å². The summed E-state index contributed by atoms with van der Waals surface area (Å²) in [6.45, 7) is 6.00. The van der Waals surface area contributed by atoms with Crippen molar-refractivity contribution >= 4 is 29.3 Å². The number of anilines is 1. The number of nitrogens with one attached hydrogen (secondary N) is 1. The Labute approximate surface area is 146 Å². The largest absolute Gasteiger partial charge is 0.462 e. The number of carbonyl (C=O) groups is 2. The van der Waals surface area contributed by atoms with Gasteiger partial charge in [-0.05, 0) is 57.2 Å². The lowest BCUT2D eigenvalue weighted by Gasteiger charge is -2.12. The molecule has 0 unspecified atom stereocenters. The summed E-state index contributed by atoms with van der Waals surface area (Å²) in [5.41, 5.74) is 2.32. The molecule has 2 aromatic rings. The van der Waals surface area contributed by atoms with Gasteiger partial charge < -0.3 is 10.1 Å². The fourth-order valence-corrected chi connectivity index (χ4v) is 2.89. The molecule has 0 saturated carbocycles. The summed E-state index contributed by atoms with van der Waals surface area (Å²) in [5, 5.41) is 2.63. The first-order chi connectivity index (χ1) is 11.5. The number of thioether (sulfide) groups is 1. The van der Waals surface area contributed by atoms with Crippen molar-refractivity contribution < 1.29 is 14.3 Å². The third kappa shape index (κ3) is 5.13. The summed E-state index contributed by atoms with van der Waals surface area (Å²) in [6, 6.07) is 14.8. The smallest absolute Gasteiger partial charge is 0.338 e. The lowest BCUT2D eigenvalue weighted by atomic mass is 10.2. The van der Waals surface area contributed by atoms with Gasteiger partial charge >= 0.3 is 5.97 Å². The SMILES string of the molecule is CCOC(=O)c1ccc(NC(=O)[C@H](C)Sc2ccc(C)cc2)cc1. The molecule has 126 valence electrons. The summed E-state index contributed by atoms with van der Waals surface area (Å²) in [6.07, 6.45) is 0. The van der Waals surface area contributed by atoms with E-state index in [1.165, 1.54) is 17.3 Å². The highest BCUT2D eigenvalue weighted by Gasteiger charge is 2.15. The van der Waals surface area contributed by atoms with Crippen LogP contribution in [0.3, 0.4) is 0 Å². The van der Waals surface area contributed by atoms with Crippen LogP contribution in [-0.2, 0) is 9.53 Å². The highest BCUT2D eigenvalue weighted by molar-refractivity contribution is 8.00. The molecule has 4 nitrogen and oxygen atoms in total. The van der Waals surface area contributed by atoms with Crippen LogP contribution in [0, 0.1) is 6.92 Å². The Hall–Kier alpha value is -2.27.